The van der Waals surface area contributed by atoms with E-state index in [1.54, 1.807) is 11.3 Å². The maximum atomic E-state index is 12.6. The average molecular weight is 400 g/mol. The van der Waals surface area contributed by atoms with Crippen molar-refractivity contribution in [3.05, 3.63) is 52.5 Å². The second-order valence-corrected chi connectivity index (χ2v) is 9.95. The van der Waals surface area contributed by atoms with Crippen LogP contribution in [0.3, 0.4) is 0 Å². The highest BCUT2D eigenvalue weighted by Gasteiger charge is 2.33. The molecule has 1 fully saturated rings. The molecule has 1 aromatic heterocycles. The predicted octanol–water partition coefficient (Wildman–Crippen LogP) is 4.86. The summed E-state index contributed by atoms with van der Waals surface area (Å²) in [7, 11) is 0. The van der Waals surface area contributed by atoms with Crippen LogP contribution >= 0.6 is 11.3 Å². The standard InChI is InChI=1S/C23H33N3OS/c1-17(18-8-6-5-7-9-18)16-26-13-10-19(11-14-26)20(21-24-12-15-28-21)25-22(27)23(2,3)4/h5-9,12,15,17,19-20H,10-11,13-14,16H2,1-4H3,(H,25,27). The van der Waals surface area contributed by atoms with Crippen molar-refractivity contribution in [3.8, 4) is 0 Å². The number of amides is 1. The molecule has 2 heterocycles. The molecule has 1 saturated heterocycles. The van der Waals surface area contributed by atoms with Crippen LogP contribution in [0.5, 0.6) is 0 Å². The van der Waals surface area contributed by atoms with Gasteiger partial charge in [0.25, 0.3) is 0 Å². The van der Waals surface area contributed by atoms with Crippen molar-refractivity contribution in [3.63, 3.8) is 0 Å². The van der Waals surface area contributed by atoms with Gasteiger partial charge in [-0.1, -0.05) is 58.0 Å². The van der Waals surface area contributed by atoms with E-state index in [-0.39, 0.29) is 17.4 Å². The van der Waals surface area contributed by atoms with Crippen LogP contribution in [0.2, 0.25) is 0 Å². The lowest BCUT2D eigenvalue weighted by molar-refractivity contribution is -0.129. The van der Waals surface area contributed by atoms with Gasteiger partial charge in [0.2, 0.25) is 5.91 Å². The van der Waals surface area contributed by atoms with Crippen molar-refractivity contribution in [1.29, 1.82) is 0 Å². The van der Waals surface area contributed by atoms with Gasteiger partial charge in [0, 0.05) is 23.5 Å². The Morgan fingerprint density at radius 1 is 1.25 bits per heavy atom. The third-order valence-electron chi connectivity index (χ3n) is 5.69. The maximum Gasteiger partial charge on any atom is 0.225 e. The van der Waals surface area contributed by atoms with E-state index in [4.69, 9.17) is 0 Å². The smallest absolute Gasteiger partial charge is 0.225 e. The number of hydrogen-bond acceptors (Lipinski definition) is 4. The minimum absolute atomic E-state index is 0.0282. The van der Waals surface area contributed by atoms with Gasteiger partial charge in [0.15, 0.2) is 0 Å². The third-order valence-corrected chi connectivity index (χ3v) is 6.55. The van der Waals surface area contributed by atoms with Gasteiger partial charge in [-0.25, -0.2) is 4.98 Å². The van der Waals surface area contributed by atoms with E-state index in [0.717, 1.165) is 37.5 Å². The van der Waals surface area contributed by atoms with Crippen molar-refractivity contribution in [2.75, 3.05) is 19.6 Å². The SMILES string of the molecule is CC(CN1CCC(C(NC(=O)C(C)(C)C)c2nccs2)CC1)c1ccccc1. The first-order valence-corrected chi connectivity index (χ1v) is 11.2. The lowest BCUT2D eigenvalue weighted by atomic mass is 9.87. The Hall–Kier alpha value is -1.72. The van der Waals surface area contributed by atoms with Crippen LogP contribution in [-0.2, 0) is 4.79 Å². The molecule has 3 rings (SSSR count). The van der Waals surface area contributed by atoms with E-state index in [2.05, 4.69) is 52.5 Å². The lowest BCUT2D eigenvalue weighted by Crippen LogP contribution is -2.44. The minimum atomic E-state index is -0.388. The molecule has 1 amide bonds. The van der Waals surface area contributed by atoms with Crippen LogP contribution in [0.15, 0.2) is 41.9 Å². The largest absolute Gasteiger partial charge is 0.346 e. The van der Waals surface area contributed by atoms with Crippen LogP contribution in [-0.4, -0.2) is 35.4 Å². The molecule has 152 valence electrons. The van der Waals surface area contributed by atoms with Crippen molar-refractivity contribution in [2.45, 2.75) is 52.5 Å². The Kier molecular flexibility index (Phi) is 6.89. The van der Waals surface area contributed by atoms with Crippen molar-refractivity contribution in [1.82, 2.24) is 15.2 Å². The van der Waals surface area contributed by atoms with Crippen molar-refractivity contribution in [2.24, 2.45) is 11.3 Å². The van der Waals surface area contributed by atoms with E-state index < -0.39 is 0 Å². The van der Waals surface area contributed by atoms with E-state index >= 15 is 0 Å². The maximum absolute atomic E-state index is 12.6. The van der Waals surface area contributed by atoms with Gasteiger partial charge in [-0.15, -0.1) is 11.3 Å². The average Bonchev–Trinajstić information content (AvgIpc) is 3.21. The number of aromatic nitrogens is 1. The number of carbonyl (C=O) groups is 1. The molecule has 0 spiro atoms. The fraction of sp³-hybridized carbons (Fsp3) is 0.565. The van der Waals surface area contributed by atoms with Gasteiger partial charge in [0.1, 0.15) is 5.01 Å². The highest BCUT2D eigenvalue weighted by Crippen LogP contribution is 2.33. The Bertz CT molecular complexity index is 731. The number of likely N-dealkylation sites (tertiary alicyclic amines) is 1. The normalized spacial score (nSPS) is 18.6. The Labute approximate surface area is 173 Å². The summed E-state index contributed by atoms with van der Waals surface area (Å²) in [5.41, 5.74) is 1.02. The molecule has 4 nitrogen and oxygen atoms in total. The van der Waals surface area contributed by atoms with E-state index in [1.807, 2.05) is 32.3 Å². The van der Waals surface area contributed by atoms with Crippen LogP contribution < -0.4 is 5.32 Å². The fourth-order valence-corrected chi connectivity index (χ4v) is 4.65. The number of thiazole rings is 1. The van der Waals surface area contributed by atoms with Crippen molar-refractivity contribution < 1.29 is 4.79 Å². The summed E-state index contributed by atoms with van der Waals surface area (Å²) in [6.07, 6.45) is 4.03. The Morgan fingerprint density at radius 2 is 1.93 bits per heavy atom. The van der Waals surface area contributed by atoms with Gasteiger partial charge < -0.3 is 10.2 Å². The van der Waals surface area contributed by atoms with Crippen LogP contribution in [0.1, 0.15) is 63.1 Å². The van der Waals surface area contributed by atoms with Crippen LogP contribution in [0.4, 0.5) is 0 Å². The van der Waals surface area contributed by atoms with Gasteiger partial charge in [-0.05, 0) is 43.3 Å². The molecule has 28 heavy (non-hydrogen) atoms. The molecule has 0 radical (unpaired) electrons. The van der Waals surface area contributed by atoms with Gasteiger partial charge in [-0.2, -0.15) is 0 Å². The number of nitrogens with zero attached hydrogens (tertiary/aromatic N) is 2. The molecule has 0 saturated carbocycles. The molecule has 1 N–H and O–H groups in total. The molecule has 1 aliphatic heterocycles. The summed E-state index contributed by atoms with van der Waals surface area (Å²) in [6, 6.07) is 10.8. The molecular weight excluding hydrogens is 366 g/mol. The molecule has 2 unspecified atom stereocenters. The Morgan fingerprint density at radius 3 is 2.50 bits per heavy atom. The highest BCUT2D eigenvalue weighted by molar-refractivity contribution is 7.09. The molecule has 1 aromatic carbocycles. The third kappa shape index (κ3) is 5.42. The predicted molar refractivity (Wildman–Crippen MR) is 116 cm³/mol. The summed E-state index contributed by atoms with van der Waals surface area (Å²) in [5.74, 6) is 1.08. The molecule has 0 aliphatic carbocycles. The summed E-state index contributed by atoms with van der Waals surface area (Å²) in [5, 5.41) is 6.34. The van der Waals surface area contributed by atoms with E-state index in [0.29, 0.717) is 11.8 Å². The van der Waals surface area contributed by atoms with E-state index in [1.165, 1.54) is 5.56 Å². The van der Waals surface area contributed by atoms with Gasteiger partial charge in [0.05, 0.1) is 6.04 Å². The molecule has 2 atom stereocenters. The highest BCUT2D eigenvalue weighted by atomic mass is 32.1. The van der Waals surface area contributed by atoms with Gasteiger partial charge in [-0.3, -0.25) is 4.79 Å². The fourth-order valence-electron chi connectivity index (χ4n) is 3.87. The molecule has 5 heteroatoms. The molecule has 1 aliphatic rings. The quantitative estimate of drug-likeness (QED) is 0.754. The topological polar surface area (TPSA) is 45.2 Å². The summed E-state index contributed by atoms with van der Waals surface area (Å²) in [6.45, 7) is 11.5. The zero-order valence-electron chi connectivity index (χ0n) is 17.5. The van der Waals surface area contributed by atoms with Crippen LogP contribution in [0, 0.1) is 11.3 Å². The van der Waals surface area contributed by atoms with E-state index in [9.17, 15) is 4.79 Å². The molecule has 2 aromatic rings. The second-order valence-electron chi connectivity index (χ2n) is 9.02. The van der Waals surface area contributed by atoms with Crippen molar-refractivity contribution >= 4 is 17.2 Å². The number of carbonyl (C=O) groups excluding carboxylic acids is 1. The lowest BCUT2D eigenvalue weighted by Gasteiger charge is -2.37. The number of nitrogens with one attached hydrogen (secondary N) is 1. The number of hydrogen-bond donors (Lipinski definition) is 1. The molecular formula is C23H33N3OS. The second kappa shape index (κ2) is 9.19. The summed E-state index contributed by atoms with van der Waals surface area (Å²) in [4.78, 5) is 19.7. The number of rotatable bonds is 6. The zero-order chi connectivity index (χ0) is 20.1. The number of piperidine rings is 1. The first-order valence-electron chi connectivity index (χ1n) is 10.3. The Balaban J connectivity index is 1.60. The zero-order valence-corrected chi connectivity index (χ0v) is 18.3. The number of benzene rings is 1. The summed E-state index contributed by atoms with van der Waals surface area (Å²) >= 11 is 1.65. The monoisotopic (exact) mass is 399 g/mol. The first kappa shape index (κ1) is 21.0. The minimum Gasteiger partial charge on any atom is -0.346 e. The van der Waals surface area contributed by atoms with Gasteiger partial charge >= 0.3 is 0 Å². The molecule has 0 bridgehead atoms. The summed E-state index contributed by atoms with van der Waals surface area (Å²) < 4.78 is 0. The first-order chi connectivity index (χ1) is 13.3. The van der Waals surface area contributed by atoms with Crippen LogP contribution in [0.25, 0.3) is 0 Å².